The van der Waals surface area contributed by atoms with Gasteiger partial charge in [-0.25, -0.2) is 4.39 Å². The Balaban J connectivity index is 2.12. The van der Waals surface area contributed by atoms with E-state index < -0.39 is 5.97 Å². The Morgan fingerprint density at radius 2 is 2.06 bits per heavy atom. The quantitative estimate of drug-likeness (QED) is 0.747. The Morgan fingerprint density at radius 1 is 1.35 bits per heavy atom. The van der Waals surface area contributed by atoms with Crippen molar-refractivity contribution in [3.05, 3.63) is 30.1 Å². The van der Waals surface area contributed by atoms with Crippen LogP contribution in [0.2, 0.25) is 0 Å². The number of hydrogen-bond donors (Lipinski definition) is 0. The lowest BCUT2D eigenvalue weighted by Crippen LogP contribution is -2.24. The van der Waals surface area contributed by atoms with E-state index >= 15 is 0 Å². The van der Waals surface area contributed by atoms with Crippen molar-refractivity contribution >= 4 is 17.7 Å². The van der Waals surface area contributed by atoms with Gasteiger partial charge < -0.3 is 14.3 Å². The Labute approximate surface area is 99.7 Å². The molecule has 17 heavy (non-hydrogen) atoms. The van der Waals surface area contributed by atoms with Crippen molar-refractivity contribution < 1.29 is 18.7 Å². The Hall–Kier alpha value is -1.89. The maximum atomic E-state index is 12.7. The van der Waals surface area contributed by atoms with Crippen molar-refractivity contribution in [3.8, 4) is 11.5 Å². The van der Waals surface area contributed by atoms with Crippen LogP contribution in [0.25, 0.3) is 11.5 Å². The lowest BCUT2D eigenvalue weighted by atomic mass is 10.2. The van der Waals surface area contributed by atoms with Gasteiger partial charge in [0.15, 0.2) is 0 Å². The molecule has 1 aromatic carbocycles. The highest BCUT2D eigenvalue weighted by Crippen LogP contribution is 2.22. The summed E-state index contributed by atoms with van der Waals surface area (Å²) in [6.07, 6.45) is 0. The summed E-state index contributed by atoms with van der Waals surface area (Å²) in [6, 6.07) is 5.53. The number of carbonyl (C=O) groups is 1. The Morgan fingerprint density at radius 3 is 2.71 bits per heavy atom. The van der Waals surface area contributed by atoms with E-state index in [9.17, 15) is 14.3 Å². The first kappa shape index (κ1) is 11.6. The van der Waals surface area contributed by atoms with E-state index in [1.165, 1.54) is 24.3 Å². The molecule has 2 aromatic rings. The van der Waals surface area contributed by atoms with E-state index in [0.717, 1.165) is 11.8 Å². The average Bonchev–Trinajstić information content (AvgIpc) is 2.76. The molecule has 0 saturated heterocycles. The average molecular weight is 253 g/mol. The number of hydrogen-bond acceptors (Lipinski definition) is 6. The monoisotopic (exact) mass is 253 g/mol. The van der Waals surface area contributed by atoms with Crippen molar-refractivity contribution in [2.24, 2.45) is 0 Å². The number of carbonyl (C=O) groups excluding carboxylic acids is 1. The topological polar surface area (TPSA) is 79.0 Å². The molecule has 0 spiro atoms. The zero-order chi connectivity index (χ0) is 12.3. The molecule has 0 bridgehead atoms. The van der Waals surface area contributed by atoms with Crippen LogP contribution in [0.4, 0.5) is 4.39 Å². The molecule has 0 N–H and O–H groups in total. The summed E-state index contributed by atoms with van der Waals surface area (Å²) in [5.41, 5.74) is 0.569. The van der Waals surface area contributed by atoms with Gasteiger partial charge in [-0.1, -0.05) is 11.8 Å². The van der Waals surface area contributed by atoms with Crippen LogP contribution in [0.3, 0.4) is 0 Å². The van der Waals surface area contributed by atoms with Gasteiger partial charge in [0.1, 0.15) is 5.82 Å². The highest BCUT2D eigenvalue weighted by molar-refractivity contribution is 7.99. The number of carboxylic acids is 1. The van der Waals surface area contributed by atoms with Crippen LogP contribution in [0.5, 0.6) is 0 Å². The highest BCUT2D eigenvalue weighted by Gasteiger charge is 2.08. The maximum absolute atomic E-state index is 12.7. The van der Waals surface area contributed by atoms with Gasteiger partial charge in [-0.05, 0) is 24.3 Å². The fourth-order valence-electron chi connectivity index (χ4n) is 1.10. The van der Waals surface area contributed by atoms with E-state index in [1.54, 1.807) is 0 Å². The van der Waals surface area contributed by atoms with Crippen molar-refractivity contribution in [1.82, 2.24) is 10.2 Å². The van der Waals surface area contributed by atoms with Crippen LogP contribution in [0.1, 0.15) is 0 Å². The molecule has 0 unspecified atom stereocenters. The maximum Gasteiger partial charge on any atom is 0.277 e. The van der Waals surface area contributed by atoms with Gasteiger partial charge in [-0.3, -0.25) is 0 Å². The van der Waals surface area contributed by atoms with Crippen LogP contribution in [0.15, 0.2) is 33.9 Å². The Kier molecular flexibility index (Phi) is 3.38. The van der Waals surface area contributed by atoms with Gasteiger partial charge in [0.25, 0.3) is 5.22 Å². The van der Waals surface area contributed by atoms with Gasteiger partial charge in [-0.2, -0.15) is 0 Å². The van der Waals surface area contributed by atoms with Crippen molar-refractivity contribution in [2.45, 2.75) is 5.22 Å². The third kappa shape index (κ3) is 3.04. The van der Waals surface area contributed by atoms with Gasteiger partial charge >= 0.3 is 0 Å². The van der Waals surface area contributed by atoms with Crippen molar-refractivity contribution in [1.29, 1.82) is 0 Å². The standard InChI is InChI=1S/C10H7FN2O3S/c11-7-3-1-6(2-4-7)9-12-13-10(16-9)17-5-8(14)15/h1-4H,5H2,(H,14,15)/p-1. The lowest BCUT2D eigenvalue weighted by molar-refractivity contribution is -0.301. The summed E-state index contributed by atoms with van der Waals surface area (Å²) in [5, 5.41) is 17.7. The molecule has 1 heterocycles. The first-order valence-electron chi connectivity index (χ1n) is 4.57. The minimum atomic E-state index is -1.21. The molecule has 0 aliphatic carbocycles. The van der Waals surface area contributed by atoms with Crippen LogP contribution < -0.4 is 5.11 Å². The first-order valence-corrected chi connectivity index (χ1v) is 5.56. The second-order valence-electron chi connectivity index (χ2n) is 3.04. The number of nitrogens with zero attached hydrogens (tertiary/aromatic N) is 2. The van der Waals surface area contributed by atoms with E-state index in [0.29, 0.717) is 5.56 Å². The molecule has 5 nitrogen and oxygen atoms in total. The molecular formula is C10H6FN2O3S-. The summed E-state index contributed by atoms with van der Waals surface area (Å²) < 4.78 is 17.9. The number of benzene rings is 1. The molecule has 88 valence electrons. The summed E-state index contributed by atoms with van der Waals surface area (Å²) in [5.74, 6) is -1.62. The van der Waals surface area contributed by atoms with E-state index in [2.05, 4.69) is 10.2 Å². The van der Waals surface area contributed by atoms with E-state index in [-0.39, 0.29) is 22.7 Å². The third-order valence-electron chi connectivity index (χ3n) is 1.81. The zero-order valence-corrected chi connectivity index (χ0v) is 9.24. The zero-order valence-electron chi connectivity index (χ0n) is 8.42. The van der Waals surface area contributed by atoms with Crippen molar-refractivity contribution in [3.63, 3.8) is 0 Å². The predicted molar refractivity (Wildman–Crippen MR) is 55.4 cm³/mol. The molecule has 2 rings (SSSR count). The Bertz CT molecular complexity index is 527. The smallest absolute Gasteiger partial charge is 0.277 e. The molecule has 0 amide bonds. The fraction of sp³-hybridized carbons (Fsp3) is 0.100. The van der Waals surface area contributed by atoms with Crippen LogP contribution in [-0.2, 0) is 4.79 Å². The van der Waals surface area contributed by atoms with Gasteiger partial charge in [0.05, 0.1) is 5.97 Å². The third-order valence-corrected chi connectivity index (χ3v) is 2.60. The largest absolute Gasteiger partial charge is 0.549 e. The fourth-order valence-corrected chi connectivity index (χ4v) is 1.58. The summed E-state index contributed by atoms with van der Waals surface area (Å²) in [4.78, 5) is 10.2. The van der Waals surface area contributed by atoms with Crippen LogP contribution in [0, 0.1) is 5.82 Å². The molecule has 0 aliphatic rings. The second kappa shape index (κ2) is 4.96. The molecule has 7 heteroatoms. The minimum absolute atomic E-state index is 0.133. The van der Waals surface area contributed by atoms with E-state index in [4.69, 9.17) is 4.42 Å². The first-order chi connectivity index (χ1) is 8.15. The highest BCUT2D eigenvalue weighted by atomic mass is 32.2. The molecule has 0 fully saturated rings. The number of halogens is 1. The molecule has 0 radical (unpaired) electrons. The summed E-state index contributed by atoms with van der Waals surface area (Å²) >= 11 is 0.871. The SMILES string of the molecule is O=C([O-])CSc1nnc(-c2ccc(F)cc2)o1. The summed E-state index contributed by atoms with van der Waals surface area (Å²) in [6.45, 7) is 0. The molecular weight excluding hydrogens is 247 g/mol. The molecule has 0 aliphatic heterocycles. The van der Waals surface area contributed by atoms with Gasteiger partial charge in [0, 0.05) is 11.3 Å². The number of carboxylic acid groups (broad SMARTS) is 1. The number of aromatic nitrogens is 2. The van der Waals surface area contributed by atoms with Crippen LogP contribution >= 0.6 is 11.8 Å². The van der Waals surface area contributed by atoms with E-state index in [1.807, 2.05) is 0 Å². The van der Waals surface area contributed by atoms with Crippen molar-refractivity contribution in [2.75, 3.05) is 5.75 Å². The number of thioether (sulfide) groups is 1. The normalized spacial score (nSPS) is 10.4. The number of rotatable bonds is 4. The molecule has 0 saturated carbocycles. The molecule has 1 aromatic heterocycles. The lowest BCUT2D eigenvalue weighted by Gasteiger charge is -1.96. The van der Waals surface area contributed by atoms with Gasteiger partial charge in [-0.15, -0.1) is 10.2 Å². The second-order valence-corrected chi connectivity index (χ2v) is 3.97. The molecule has 0 atom stereocenters. The number of aliphatic carboxylic acids is 1. The summed E-state index contributed by atoms with van der Waals surface area (Å²) in [7, 11) is 0. The minimum Gasteiger partial charge on any atom is -0.549 e. The van der Waals surface area contributed by atoms with Gasteiger partial charge in [0.2, 0.25) is 5.89 Å². The van der Waals surface area contributed by atoms with Crippen LogP contribution in [-0.4, -0.2) is 21.9 Å². The predicted octanol–water partition coefficient (Wildman–Crippen LogP) is 0.718.